The molecule has 62 valence electrons. The molecule has 0 aliphatic carbocycles. The summed E-state index contributed by atoms with van der Waals surface area (Å²) in [6, 6.07) is 7.82. The molecular weight excluding hydrogens is 184 g/mol. The van der Waals surface area contributed by atoms with Gasteiger partial charge in [0, 0.05) is 22.6 Å². The molecule has 0 bridgehead atoms. The van der Waals surface area contributed by atoms with E-state index in [2.05, 4.69) is 37.1 Å². The summed E-state index contributed by atoms with van der Waals surface area (Å²) in [5.74, 6) is 6.86. The first-order valence-electron chi connectivity index (χ1n) is 3.72. The van der Waals surface area contributed by atoms with Crippen LogP contribution in [-0.4, -0.2) is 5.75 Å². The highest BCUT2D eigenvalue weighted by Crippen LogP contribution is 2.10. The molecule has 0 saturated carbocycles. The fraction of sp³-hybridized carbons (Fsp3) is 0.200. The van der Waals surface area contributed by atoms with Crippen LogP contribution in [0.15, 0.2) is 29.2 Å². The van der Waals surface area contributed by atoms with Crippen LogP contribution in [-0.2, 0) is 0 Å². The van der Waals surface area contributed by atoms with E-state index in [1.54, 1.807) is 0 Å². The van der Waals surface area contributed by atoms with Gasteiger partial charge in [-0.15, -0.1) is 12.6 Å². The van der Waals surface area contributed by atoms with E-state index >= 15 is 0 Å². The number of hydrogen-bond donors (Lipinski definition) is 2. The summed E-state index contributed by atoms with van der Waals surface area (Å²) in [5, 5.41) is 0. The first-order chi connectivity index (χ1) is 5.84. The first kappa shape index (κ1) is 9.57. The van der Waals surface area contributed by atoms with Crippen LogP contribution < -0.4 is 0 Å². The highest BCUT2D eigenvalue weighted by atomic mass is 32.1. The molecule has 1 rings (SSSR count). The Hall–Kier alpha value is -0.520. The summed E-state index contributed by atoms with van der Waals surface area (Å²) in [5.41, 5.74) is 0.989. The Bertz CT molecular complexity index is 307. The third kappa shape index (κ3) is 2.84. The molecule has 0 amide bonds. The molecule has 2 heteroatoms. The number of hydrogen-bond acceptors (Lipinski definition) is 2. The molecule has 0 fully saturated rings. The summed E-state index contributed by atoms with van der Waals surface area (Å²) in [7, 11) is 0. The van der Waals surface area contributed by atoms with Gasteiger partial charge in [-0.2, -0.15) is 12.6 Å². The van der Waals surface area contributed by atoms with Gasteiger partial charge in [0.15, 0.2) is 0 Å². The molecule has 0 nitrogen and oxygen atoms in total. The number of benzene rings is 1. The van der Waals surface area contributed by atoms with E-state index in [4.69, 9.17) is 0 Å². The lowest BCUT2D eigenvalue weighted by molar-refractivity contribution is 1.30. The van der Waals surface area contributed by atoms with Gasteiger partial charge < -0.3 is 0 Å². The Balaban J connectivity index is 2.77. The first-order valence-corrected chi connectivity index (χ1v) is 4.80. The number of thiol groups is 2. The maximum absolute atomic E-state index is 4.28. The van der Waals surface area contributed by atoms with Crippen molar-refractivity contribution in [3.63, 3.8) is 0 Å². The fourth-order valence-electron chi connectivity index (χ4n) is 0.793. The van der Waals surface area contributed by atoms with E-state index in [9.17, 15) is 0 Å². The summed E-state index contributed by atoms with van der Waals surface area (Å²) < 4.78 is 0. The zero-order chi connectivity index (χ0) is 8.81. The molecule has 1 aromatic rings. The highest BCUT2D eigenvalue weighted by molar-refractivity contribution is 7.80. The van der Waals surface area contributed by atoms with Gasteiger partial charge in [-0.25, -0.2) is 0 Å². The second-order valence-electron chi connectivity index (χ2n) is 2.29. The summed E-state index contributed by atoms with van der Waals surface area (Å²) in [4.78, 5) is 0.934. The lowest BCUT2D eigenvalue weighted by Crippen LogP contribution is -1.76. The molecule has 0 N–H and O–H groups in total. The predicted molar refractivity (Wildman–Crippen MR) is 59.0 cm³/mol. The molecule has 12 heavy (non-hydrogen) atoms. The zero-order valence-electron chi connectivity index (χ0n) is 6.62. The van der Waals surface area contributed by atoms with E-state index in [1.165, 1.54) is 0 Å². The molecule has 1 aromatic carbocycles. The minimum absolute atomic E-state index is 0.807. The normalized spacial score (nSPS) is 8.83. The third-order valence-corrected chi connectivity index (χ3v) is 1.98. The van der Waals surface area contributed by atoms with E-state index in [0.717, 1.165) is 22.6 Å². The van der Waals surface area contributed by atoms with Gasteiger partial charge >= 0.3 is 0 Å². The van der Waals surface area contributed by atoms with Crippen molar-refractivity contribution in [3.05, 3.63) is 29.8 Å². The van der Waals surface area contributed by atoms with Gasteiger partial charge in [0.1, 0.15) is 0 Å². The van der Waals surface area contributed by atoms with Crippen LogP contribution in [0, 0.1) is 11.8 Å². The maximum atomic E-state index is 4.28. The van der Waals surface area contributed by atoms with Gasteiger partial charge in [-0.1, -0.05) is 24.0 Å². The lowest BCUT2D eigenvalue weighted by Gasteiger charge is -1.93. The highest BCUT2D eigenvalue weighted by Gasteiger charge is 1.90. The second kappa shape index (κ2) is 5.18. The Labute approximate surface area is 84.2 Å². The van der Waals surface area contributed by atoms with Crippen molar-refractivity contribution >= 4 is 25.3 Å². The van der Waals surface area contributed by atoms with E-state index in [0.29, 0.717) is 0 Å². The average Bonchev–Trinajstić information content (AvgIpc) is 2.09. The smallest absolute Gasteiger partial charge is 0.0378 e. The van der Waals surface area contributed by atoms with Crippen LogP contribution in [0.25, 0.3) is 0 Å². The van der Waals surface area contributed by atoms with Crippen molar-refractivity contribution in [2.24, 2.45) is 0 Å². The molecule has 0 atom stereocenters. The molecule has 0 saturated heterocycles. The van der Waals surface area contributed by atoms with Crippen molar-refractivity contribution in [1.82, 2.24) is 0 Å². The monoisotopic (exact) mass is 194 g/mol. The standard InChI is InChI=1S/C10H10S2/c11-8-4-3-6-9-5-1-2-7-10(9)12/h1-2,5,7,11-12H,4,8H2. The number of rotatable bonds is 1. The van der Waals surface area contributed by atoms with Crippen LogP contribution in [0.5, 0.6) is 0 Å². The summed E-state index contributed by atoms with van der Waals surface area (Å²) in [6.45, 7) is 0. The van der Waals surface area contributed by atoms with E-state index in [1.807, 2.05) is 24.3 Å². The van der Waals surface area contributed by atoms with Crippen LogP contribution in [0.4, 0.5) is 0 Å². The van der Waals surface area contributed by atoms with Gasteiger partial charge in [-0.05, 0) is 12.1 Å². The Kier molecular flexibility index (Phi) is 4.13. The Morgan fingerprint density at radius 3 is 2.67 bits per heavy atom. The quantitative estimate of drug-likeness (QED) is 0.498. The van der Waals surface area contributed by atoms with Gasteiger partial charge in [-0.3, -0.25) is 0 Å². The molecule has 0 aliphatic heterocycles. The minimum atomic E-state index is 0.807. The molecule has 0 unspecified atom stereocenters. The zero-order valence-corrected chi connectivity index (χ0v) is 8.41. The van der Waals surface area contributed by atoms with E-state index < -0.39 is 0 Å². The molecule has 0 aliphatic rings. The van der Waals surface area contributed by atoms with Crippen molar-refractivity contribution in [2.45, 2.75) is 11.3 Å². The fourth-order valence-corrected chi connectivity index (χ4v) is 1.12. The Morgan fingerprint density at radius 2 is 2.00 bits per heavy atom. The van der Waals surface area contributed by atoms with Gasteiger partial charge in [0.25, 0.3) is 0 Å². The van der Waals surface area contributed by atoms with Crippen molar-refractivity contribution in [3.8, 4) is 11.8 Å². The SMILES string of the molecule is SCCC#Cc1ccccc1S. The average molecular weight is 194 g/mol. The minimum Gasteiger partial charge on any atom is -0.178 e. The molecule has 0 radical (unpaired) electrons. The molecular formula is C10H10S2. The Morgan fingerprint density at radius 1 is 1.25 bits per heavy atom. The molecule has 0 aromatic heterocycles. The summed E-state index contributed by atoms with van der Waals surface area (Å²) >= 11 is 8.35. The topological polar surface area (TPSA) is 0 Å². The largest absolute Gasteiger partial charge is 0.178 e. The van der Waals surface area contributed by atoms with Crippen molar-refractivity contribution in [2.75, 3.05) is 5.75 Å². The van der Waals surface area contributed by atoms with Crippen LogP contribution >= 0.6 is 25.3 Å². The van der Waals surface area contributed by atoms with Crippen LogP contribution in [0.1, 0.15) is 12.0 Å². The van der Waals surface area contributed by atoms with Crippen LogP contribution in [0.3, 0.4) is 0 Å². The van der Waals surface area contributed by atoms with Crippen molar-refractivity contribution in [1.29, 1.82) is 0 Å². The third-order valence-electron chi connectivity index (χ3n) is 1.36. The molecule has 0 heterocycles. The maximum Gasteiger partial charge on any atom is 0.0378 e. The van der Waals surface area contributed by atoms with Crippen molar-refractivity contribution < 1.29 is 0 Å². The van der Waals surface area contributed by atoms with Crippen LogP contribution in [0.2, 0.25) is 0 Å². The molecule has 0 spiro atoms. The van der Waals surface area contributed by atoms with E-state index in [-0.39, 0.29) is 0 Å². The predicted octanol–water partition coefficient (Wildman–Crippen LogP) is 2.65. The second-order valence-corrected chi connectivity index (χ2v) is 3.22. The van der Waals surface area contributed by atoms with Gasteiger partial charge in [0.05, 0.1) is 0 Å². The summed E-state index contributed by atoms with van der Waals surface area (Å²) in [6.07, 6.45) is 0.825. The lowest BCUT2D eigenvalue weighted by atomic mass is 10.2. The van der Waals surface area contributed by atoms with Gasteiger partial charge in [0.2, 0.25) is 0 Å².